The molecule has 2 rings (SSSR count). The molecule has 1 aromatic carbocycles. The first kappa shape index (κ1) is 15.6. The Morgan fingerprint density at radius 1 is 1.24 bits per heavy atom. The van der Waals surface area contributed by atoms with Crippen LogP contribution in [-0.4, -0.2) is 35.6 Å². The molecule has 0 unspecified atom stereocenters. The molecule has 1 fully saturated rings. The lowest BCUT2D eigenvalue weighted by atomic mass is 9.86. The lowest BCUT2D eigenvalue weighted by Crippen LogP contribution is -2.39. The first-order valence-electron chi connectivity index (χ1n) is 7.58. The van der Waals surface area contributed by atoms with Crippen molar-refractivity contribution in [1.29, 1.82) is 0 Å². The van der Waals surface area contributed by atoms with E-state index in [9.17, 15) is 4.79 Å². The second-order valence-corrected chi connectivity index (χ2v) is 5.87. The number of benzene rings is 1. The third-order valence-electron chi connectivity index (χ3n) is 4.30. The predicted octanol–water partition coefficient (Wildman–Crippen LogP) is 2.68. The van der Waals surface area contributed by atoms with Crippen LogP contribution in [0.15, 0.2) is 24.3 Å². The van der Waals surface area contributed by atoms with E-state index in [1.54, 1.807) is 0 Å². The van der Waals surface area contributed by atoms with E-state index in [2.05, 4.69) is 18.8 Å². The van der Waals surface area contributed by atoms with Crippen LogP contribution in [0.2, 0.25) is 0 Å². The van der Waals surface area contributed by atoms with Gasteiger partial charge in [0.05, 0.1) is 0 Å². The number of hydrogen-bond donors (Lipinski definition) is 1. The number of amides is 1. The Hall–Kier alpha value is -1.79. The minimum absolute atomic E-state index is 0.0798. The van der Waals surface area contributed by atoms with Gasteiger partial charge in [-0.25, -0.2) is 0 Å². The van der Waals surface area contributed by atoms with Crippen molar-refractivity contribution in [2.75, 3.05) is 13.7 Å². The van der Waals surface area contributed by atoms with Crippen LogP contribution in [0, 0.1) is 17.8 Å². The van der Waals surface area contributed by atoms with Crippen LogP contribution in [0.4, 0.5) is 0 Å². The maximum absolute atomic E-state index is 12.5. The zero-order valence-corrected chi connectivity index (χ0v) is 12.8. The fourth-order valence-corrected chi connectivity index (χ4v) is 2.84. The zero-order valence-electron chi connectivity index (χ0n) is 12.8. The van der Waals surface area contributed by atoms with E-state index >= 15 is 0 Å². The van der Waals surface area contributed by atoms with E-state index in [-0.39, 0.29) is 12.5 Å². The summed E-state index contributed by atoms with van der Waals surface area (Å²) in [5.41, 5.74) is 1.51. The average Bonchev–Trinajstić information content (AvgIpc) is 2.53. The first-order valence-corrected chi connectivity index (χ1v) is 7.58. The minimum Gasteiger partial charge on any atom is -0.384 e. The summed E-state index contributed by atoms with van der Waals surface area (Å²) in [4.78, 5) is 14.4. The standard InChI is InChI=1S/C18H23NO2/c1-14-5-11-17(12-6-14)19(2)18(21)16-9-7-15(8-10-16)4-3-13-20/h7-10,14,17,20H,5-6,11-13H2,1-2H3. The van der Waals surface area contributed by atoms with Crippen LogP contribution >= 0.6 is 0 Å². The van der Waals surface area contributed by atoms with Crippen molar-refractivity contribution in [3.63, 3.8) is 0 Å². The van der Waals surface area contributed by atoms with Gasteiger partial charge >= 0.3 is 0 Å². The molecule has 21 heavy (non-hydrogen) atoms. The first-order chi connectivity index (χ1) is 10.1. The summed E-state index contributed by atoms with van der Waals surface area (Å²) in [7, 11) is 1.91. The predicted molar refractivity (Wildman–Crippen MR) is 83.9 cm³/mol. The number of rotatable bonds is 2. The van der Waals surface area contributed by atoms with E-state index in [4.69, 9.17) is 5.11 Å². The summed E-state index contributed by atoms with van der Waals surface area (Å²) in [5, 5.41) is 8.67. The summed E-state index contributed by atoms with van der Waals surface area (Å²) >= 11 is 0. The van der Waals surface area contributed by atoms with Gasteiger partial charge in [-0.3, -0.25) is 4.79 Å². The molecular weight excluding hydrogens is 262 g/mol. The largest absolute Gasteiger partial charge is 0.384 e. The number of hydrogen-bond acceptors (Lipinski definition) is 2. The molecule has 1 aliphatic carbocycles. The number of carbonyl (C=O) groups is 1. The van der Waals surface area contributed by atoms with Crippen molar-refractivity contribution in [3.05, 3.63) is 35.4 Å². The lowest BCUT2D eigenvalue weighted by molar-refractivity contribution is 0.0679. The summed E-state index contributed by atoms with van der Waals surface area (Å²) in [6, 6.07) is 7.64. The summed E-state index contributed by atoms with van der Waals surface area (Å²) in [5.74, 6) is 6.30. The summed E-state index contributed by atoms with van der Waals surface area (Å²) in [6.07, 6.45) is 4.61. The SMILES string of the molecule is CC1CCC(N(C)C(=O)c2ccc(C#CCO)cc2)CC1. The van der Waals surface area contributed by atoms with Crippen molar-refractivity contribution < 1.29 is 9.90 Å². The van der Waals surface area contributed by atoms with Crippen LogP contribution in [-0.2, 0) is 0 Å². The van der Waals surface area contributed by atoms with Crippen LogP contribution in [0.5, 0.6) is 0 Å². The molecule has 1 N–H and O–H groups in total. The maximum Gasteiger partial charge on any atom is 0.253 e. The van der Waals surface area contributed by atoms with E-state index in [0.29, 0.717) is 11.6 Å². The highest BCUT2D eigenvalue weighted by molar-refractivity contribution is 5.94. The van der Waals surface area contributed by atoms with Gasteiger partial charge in [0.15, 0.2) is 0 Å². The van der Waals surface area contributed by atoms with Crippen LogP contribution in [0.3, 0.4) is 0 Å². The van der Waals surface area contributed by atoms with Gasteiger partial charge in [-0.15, -0.1) is 0 Å². The maximum atomic E-state index is 12.5. The molecule has 1 aromatic rings. The minimum atomic E-state index is -0.149. The zero-order chi connectivity index (χ0) is 15.2. The molecule has 1 saturated carbocycles. The van der Waals surface area contributed by atoms with Gasteiger partial charge in [0.25, 0.3) is 5.91 Å². The molecule has 0 heterocycles. The average molecular weight is 285 g/mol. The van der Waals surface area contributed by atoms with E-state index in [0.717, 1.165) is 24.3 Å². The molecule has 0 spiro atoms. The van der Waals surface area contributed by atoms with Crippen LogP contribution < -0.4 is 0 Å². The molecule has 1 amide bonds. The highest BCUT2D eigenvalue weighted by Crippen LogP contribution is 2.27. The topological polar surface area (TPSA) is 40.5 Å². The Morgan fingerprint density at radius 3 is 2.43 bits per heavy atom. The molecule has 3 heteroatoms. The van der Waals surface area contributed by atoms with Gasteiger partial charge in [0, 0.05) is 24.2 Å². The molecule has 0 aliphatic heterocycles. The van der Waals surface area contributed by atoms with Crippen molar-refractivity contribution in [2.45, 2.75) is 38.6 Å². The van der Waals surface area contributed by atoms with Gasteiger partial charge in [-0.05, 0) is 55.9 Å². The van der Waals surface area contributed by atoms with E-state index < -0.39 is 0 Å². The second kappa shape index (κ2) is 7.28. The van der Waals surface area contributed by atoms with Gasteiger partial charge in [-0.2, -0.15) is 0 Å². The quantitative estimate of drug-likeness (QED) is 0.849. The van der Waals surface area contributed by atoms with E-state index in [1.807, 2.05) is 36.2 Å². The summed E-state index contributed by atoms with van der Waals surface area (Å²) < 4.78 is 0. The van der Waals surface area contributed by atoms with Crippen molar-refractivity contribution in [3.8, 4) is 11.8 Å². The van der Waals surface area contributed by atoms with E-state index in [1.165, 1.54) is 12.8 Å². The molecule has 0 aromatic heterocycles. The smallest absolute Gasteiger partial charge is 0.253 e. The molecule has 0 atom stereocenters. The Morgan fingerprint density at radius 2 is 1.86 bits per heavy atom. The van der Waals surface area contributed by atoms with Crippen LogP contribution in [0.25, 0.3) is 0 Å². The number of nitrogens with zero attached hydrogens (tertiary/aromatic N) is 1. The van der Waals surface area contributed by atoms with Crippen molar-refractivity contribution >= 4 is 5.91 Å². The Balaban J connectivity index is 2.02. The van der Waals surface area contributed by atoms with Crippen LogP contribution in [0.1, 0.15) is 48.5 Å². The lowest BCUT2D eigenvalue weighted by Gasteiger charge is -2.33. The molecule has 112 valence electrons. The Kier molecular flexibility index (Phi) is 5.41. The van der Waals surface area contributed by atoms with Gasteiger partial charge in [-0.1, -0.05) is 18.8 Å². The van der Waals surface area contributed by atoms with Gasteiger partial charge < -0.3 is 10.0 Å². The number of carbonyl (C=O) groups excluding carboxylic acids is 1. The van der Waals surface area contributed by atoms with Crippen molar-refractivity contribution in [2.24, 2.45) is 5.92 Å². The second-order valence-electron chi connectivity index (χ2n) is 5.87. The molecule has 3 nitrogen and oxygen atoms in total. The molecule has 0 saturated heterocycles. The highest BCUT2D eigenvalue weighted by Gasteiger charge is 2.25. The number of aliphatic hydroxyl groups is 1. The molecule has 1 aliphatic rings. The summed E-state index contributed by atoms with van der Waals surface area (Å²) in [6.45, 7) is 2.13. The monoisotopic (exact) mass is 285 g/mol. The third kappa shape index (κ3) is 4.09. The molecular formula is C18H23NO2. The fourth-order valence-electron chi connectivity index (χ4n) is 2.84. The van der Waals surface area contributed by atoms with Gasteiger partial charge in [0.1, 0.15) is 6.61 Å². The fraction of sp³-hybridized carbons (Fsp3) is 0.500. The molecule has 0 radical (unpaired) electrons. The van der Waals surface area contributed by atoms with Gasteiger partial charge in [0.2, 0.25) is 0 Å². The third-order valence-corrected chi connectivity index (χ3v) is 4.30. The normalized spacial score (nSPS) is 21.3. The van der Waals surface area contributed by atoms with Crippen molar-refractivity contribution in [1.82, 2.24) is 4.90 Å². The number of aliphatic hydroxyl groups excluding tert-OH is 1. The molecule has 0 bridgehead atoms. The Labute approximate surface area is 127 Å². The Bertz CT molecular complexity index is 531. The highest BCUT2D eigenvalue weighted by atomic mass is 16.2.